The lowest BCUT2D eigenvalue weighted by Gasteiger charge is -2.21. The summed E-state index contributed by atoms with van der Waals surface area (Å²) >= 11 is 0. The van der Waals surface area contributed by atoms with Crippen molar-refractivity contribution in [1.82, 2.24) is 5.32 Å². The van der Waals surface area contributed by atoms with Crippen molar-refractivity contribution in [3.05, 3.63) is 52.5 Å². The van der Waals surface area contributed by atoms with Crippen LogP contribution in [0.2, 0.25) is 0 Å². The van der Waals surface area contributed by atoms with Gasteiger partial charge >= 0.3 is 0 Å². The van der Waals surface area contributed by atoms with Crippen LogP contribution < -0.4 is 10.1 Å². The highest BCUT2D eigenvalue weighted by atomic mass is 16.5. The molecule has 1 unspecified atom stereocenters. The maximum Gasteiger partial charge on any atom is 0.127 e. The van der Waals surface area contributed by atoms with Gasteiger partial charge in [0.25, 0.3) is 0 Å². The van der Waals surface area contributed by atoms with Crippen LogP contribution in [0.25, 0.3) is 0 Å². The van der Waals surface area contributed by atoms with E-state index in [2.05, 4.69) is 44.3 Å². The molecule has 1 atom stereocenters. The van der Waals surface area contributed by atoms with Crippen LogP contribution in [-0.4, -0.2) is 13.7 Å². The van der Waals surface area contributed by atoms with Crippen molar-refractivity contribution in [1.29, 1.82) is 0 Å². The van der Waals surface area contributed by atoms with Gasteiger partial charge in [0, 0.05) is 11.1 Å². The molecule has 3 nitrogen and oxygen atoms in total. The molecular formula is C17H23NO2. The fourth-order valence-electron chi connectivity index (χ4n) is 2.54. The number of benzene rings is 1. The minimum absolute atomic E-state index is 0.0895. The Kier molecular flexibility index (Phi) is 4.50. The quantitative estimate of drug-likeness (QED) is 0.896. The number of furan rings is 1. The Morgan fingerprint density at radius 2 is 2.00 bits per heavy atom. The van der Waals surface area contributed by atoms with Gasteiger partial charge in [0.2, 0.25) is 0 Å². The summed E-state index contributed by atoms with van der Waals surface area (Å²) < 4.78 is 11.1. The third-order valence-corrected chi connectivity index (χ3v) is 3.71. The lowest BCUT2D eigenvalue weighted by molar-refractivity contribution is 0.400. The maximum absolute atomic E-state index is 5.64. The normalized spacial score (nSPS) is 12.4. The summed E-state index contributed by atoms with van der Waals surface area (Å²) in [6.07, 6.45) is 1.82. The van der Waals surface area contributed by atoms with Gasteiger partial charge in [-0.3, -0.25) is 0 Å². The summed E-state index contributed by atoms with van der Waals surface area (Å²) in [6.45, 7) is 9.15. The number of hydrogen-bond acceptors (Lipinski definition) is 3. The zero-order valence-electron chi connectivity index (χ0n) is 12.9. The molecule has 0 amide bonds. The molecule has 1 aromatic heterocycles. The molecule has 0 aliphatic carbocycles. The molecule has 1 heterocycles. The van der Waals surface area contributed by atoms with Crippen molar-refractivity contribution in [2.75, 3.05) is 13.7 Å². The average Bonchev–Trinajstić information content (AvgIpc) is 2.86. The van der Waals surface area contributed by atoms with Crippen LogP contribution in [0, 0.1) is 20.8 Å². The molecule has 0 saturated carbocycles. The standard InChI is InChI=1S/C17H23NO2/c1-6-18-16(14-9-12(3)20-10-14)15-8-7-11(2)13(4)17(15)19-5/h7-10,16,18H,6H2,1-5H3. The molecule has 1 aromatic carbocycles. The van der Waals surface area contributed by atoms with Crippen LogP contribution in [0.4, 0.5) is 0 Å². The van der Waals surface area contributed by atoms with Crippen molar-refractivity contribution in [3.63, 3.8) is 0 Å². The van der Waals surface area contributed by atoms with Crippen molar-refractivity contribution < 1.29 is 9.15 Å². The second-order valence-electron chi connectivity index (χ2n) is 5.11. The fourth-order valence-corrected chi connectivity index (χ4v) is 2.54. The zero-order chi connectivity index (χ0) is 14.7. The Labute approximate surface area is 121 Å². The molecule has 0 aliphatic rings. The summed E-state index contributed by atoms with van der Waals surface area (Å²) in [5, 5.41) is 3.51. The van der Waals surface area contributed by atoms with E-state index in [0.717, 1.165) is 29.2 Å². The van der Waals surface area contributed by atoms with E-state index in [4.69, 9.17) is 9.15 Å². The van der Waals surface area contributed by atoms with E-state index in [9.17, 15) is 0 Å². The fraction of sp³-hybridized carbons (Fsp3) is 0.412. The molecule has 0 aliphatic heterocycles. The monoisotopic (exact) mass is 273 g/mol. The van der Waals surface area contributed by atoms with Crippen LogP contribution in [0.3, 0.4) is 0 Å². The van der Waals surface area contributed by atoms with Gasteiger partial charge in [-0.15, -0.1) is 0 Å². The van der Waals surface area contributed by atoms with E-state index >= 15 is 0 Å². The minimum atomic E-state index is 0.0895. The number of methoxy groups -OCH3 is 1. The molecule has 2 rings (SSSR count). The molecule has 20 heavy (non-hydrogen) atoms. The first-order chi connectivity index (χ1) is 9.58. The van der Waals surface area contributed by atoms with Gasteiger partial charge < -0.3 is 14.5 Å². The molecule has 0 bridgehead atoms. The Hall–Kier alpha value is -1.74. The second-order valence-corrected chi connectivity index (χ2v) is 5.11. The largest absolute Gasteiger partial charge is 0.496 e. The first-order valence-electron chi connectivity index (χ1n) is 7.01. The predicted molar refractivity (Wildman–Crippen MR) is 81.4 cm³/mol. The molecule has 1 N–H and O–H groups in total. The van der Waals surface area contributed by atoms with Gasteiger partial charge in [-0.05, 0) is 44.5 Å². The summed E-state index contributed by atoms with van der Waals surface area (Å²) in [4.78, 5) is 0. The molecule has 3 heteroatoms. The van der Waals surface area contributed by atoms with Crippen LogP contribution in [-0.2, 0) is 0 Å². The van der Waals surface area contributed by atoms with Gasteiger partial charge in [0.15, 0.2) is 0 Å². The van der Waals surface area contributed by atoms with Crippen LogP contribution in [0.5, 0.6) is 5.75 Å². The Morgan fingerprint density at radius 3 is 2.55 bits per heavy atom. The van der Waals surface area contributed by atoms with Gasteiger partial charge in [-0.1, -0.05) is 19.1 Å². The SMILES string of the molecule is CCNC(c1coc(C)c1)c1ccc(C)c(C)c1OC. The number of hydrogen-bond donors (Lipinski definition) is 1. The van der Waals surface area contributed by atoms with Crippen molar-refractivity contribution in [2.45, 2.75) is 33.7 Å². The third kappa shape index (κ3) is 2.73. The number of ether oxygens (including phenoxy) is 1. The van der Waals surface area contributed by atoms with Crippen molar-refractivity contribution >= 4 is 0 Å². The van der Waals surface area contributed by atoms with Crippen LogP contribution in [0.15, 0.2) is 28.9 Å². The molecule has 0 spiro atoms. The Balaban J connectivity index is 2.52. The van der Waals surface area contributed by atoms with Gasteiger partial charge in [-0.25, -0.2) is 0 Å². The first kappa shape index (κ1) is 14.7. The van der Waals surface area contributed by atoms with E-state index in [1.54, 1.807) is 7.11 Å². The molecular weight excluding hydrogens is 250 g/mol. The highest BCUT2D eigenvalue weighted by Gasteiger charge is 2.20. The topological polar surface area (TPSA) is 34.4 Å². The lowest BCUT2D eigenvalue weighted by Crippen LogP contribution is -2.22. The van der Waals surface area contributed by atoms with Gasteiger partial charge in [0.1, 0.15) is 11.5 Å². The average molecular weight is 273 g/mol. The number of rotatable bonds is 5. The second kappa shape index (κ2) is 6.14. The highest BCUT2D eigenvalue weighted by molar-refractivity contribution is 5.49. The molecule has 108 valence electrons. The van der Waals surface area contributed by atoms with Crippen molar-refractivity contribution in [2.24, 2.45) is 0 Å². The third-order valence-electron chi connectivity index (χ3n) is 3.71. The Morgan fingerprint density at radius 1 is 1.25 bits per heavy atom. The lowest BCUT2D eigenvalue weighted by atomic mass is 9.95. The number of aryl methyl sites for hydroxylation is 2. The first-order valence-corrected chi connectivity index (χ1v) is 7.01. The highest BCUT2D eigenvalue weighted by Crippen LogP contribution is 2.34. The van der Waals surface area contributed by atoms with Crippen LogP contribution >= 0.6 is 0 Å². The summed E-state index contributed by atoms with van der Waals surface area (Å²) in [5.41, 5.74) is 4.71. The van der Waals surface area contributed by atoms with Gasteiger partial charge in [0.05, 0.1) is 19.4 Å². The van der Waals surface area contributed by atoms with Crippen molar-refractivity contribution in [3.8, 4) is 5.75 Å². The molecule has 0 radical (unpaired) electrons. The van der Waals surface area contributed by atoms with Crippen LogP contribution in [0.1, 0.15) is 41.0 Å². The molecule has 0 fully saturated rings. The minimum Gasteiger partial charge on any atom is -0.496 e. The van der Waals surface area contributed by atoms with E-state index in [-0.39, 0.29) is 6.04 Å². The zero-order valence-corrected chi connectivity index (χ0v) is 12.9. The predicted octanol–water partition coefficient (Wildman–Crippen LogP) is 3.91. The Bertz CT molecular complexity index is 587. The molecule has 2 aromatic rings. The van der Waals surface area contributed by atoms with E-state index < -0.39 is 0 Å². The summed E-state index contributed by atoms with van der Waals surface area (Å²) in [7, 11) is 1.73. The van der Waals surface area contributed by atoms with E-state index in [1.807, 2.05) is 13.2 Å². The smallest absolute Gasteiger partial charge is 0.127 e. The van der Waals surface area contributed by atoms with Gasteiger partial charge in [-0.2, -0.15) is 0 Å². The summed E-state index contributed by atoms with van der Waals surface area (Å²) in [6, 6.07) is 6.44. The number of nitrogens with one attached hydrogen (secondary N) is 1. The van der Waals surface area contributed by atoms with E-state index in [1.165, 1.54) is 11.1 Å². The van der Waals surface area contributed by atoms with E-state index in [0.29, 0.717) is 0 Å². The maximum atomic E-state index is 5.64. The summed E-state index contributed by atoms with van der Waals surface area (Å²) in [5.74, 6) is 1.88. The molecule has 0 saturated heterocycles.